The van der Waals surface area contributed by atoms with E-state index in [1.807, 2.05) is 0 Å². The summed E-state index contributed by atoms with van der Waals surface area (Å²) in [6.45, 7) is 1.29. The maximum Gasteiger partial charge on any atom is 0.308 e. The van der Waals surface area contributed by atoms with E-state index in [4.69, 9.17) is 9.57 Å². The second kappa shape index (κ2) is 7.21. The predicted octanol–water partition coefficient (Wildman–Crippen LogP) is 2.69. The minimum Gasteiger partial charge on any atom is -0.427 e. The Balaban J connectivity index is 1.29. The molecule has 0 aromatic heterocycles. The number of fused-ring (bicyclic) bond motifs is 8. The van der Waals surface area contributed by atoms with Gasteiger partial charge in [0.1, 0.15) is 11.9 Å². The van der Waals surface area contributed by atoms with Crippen molar-refractivity contribution in [2.24, 2.45) is 34.7 Å². The number of esters is 1. The summed E-state index contributed by atoms with van der Waals surface area (Å²) >= 11 is 0. The number of rotatable bonds is 4. The summed E-state index contributed by atoms with van der Waals surface area (Å²) in [5.74, 6) is -2.10. The van der Waals surface area contributed by atoms with Gasteiger partial charge in [0.15, 0.2) is 0 Å². The third-order valence-electron chi connectivity index (χ3n) is 7.40. The van der Waals surface area contributed by atoms with Crippen LogP contribution in [0.3, 0.4) is 0 Å². The average molecular weight is 461 g/mol. The number of hydrogen-bond donors (Lipinski definition) is 0. The van der Waals surface area contributed by atoms with Crippen LogP contribution in [0.2, 0.25) is 0 Å². The van der Waals surface area contributed by atoms with E-state index in [2.05, 4.69) is 5.16 Å². The monoisotopic (exact) mass is 461 g/mol. The number of amides is 2. The number of benzene rings is 2. The third kappa shape index (κ3) is 2.81. The molecule has 6 atom stereocenters. The number of ether oxygens (including phenoxy) is 1. The van der Waals surface area contributed by atoms with Gasteiger partial charge in [0.05, 0.1) is 28.2 Å². The van der Waals surface area contributed by atoms with Gasteiger partial charge in [0, 0.05) is 36.5 Å². The molecule has 0 unspecified atom stereocenters. The van der Waals surface area contributed by atoms with Gasteiger partial charge in [-0.05, 0) is 36.6 Å². The lowest BCUT2D eigenvalue weighted by Crippen LogP contribution is -2.41. The molecule has 2 aromatic rings. The average Bonchev–Trinajstić information content (AvgIpc) is 3.54. The Labute approximate surface area is 193 Å². The minimum atomic E-state index is -0.488. The number of imide groups is 1. The number of nitro benzene ring substituents is 1. The van der Waals surface area contributed by atoms with Crippen molar-refractivity contribution < 1.29 is 28.9 Å². The highest BCUT2D eigenvalue weighted by atomic mass is 16.6. The molecule has 6 rings (SSSR count). The highest BCUT2D eigenvalue weighted by molar-refractivity contribution is 6.23. The summed E-state index contributed by atoms with van der Waals surface area (Å²) in [7, 11) is 0. The van der Waals surface area contributed by atoms with E-state index in [1.54, 1.807) is 36.4 Å². The molecule has 2 aliphatic carbocycles. The van der Waals surface area contributed by atoms with E-state index in [1.165, 1.54) is 24.0 Å². The van der Waals surface area contributed by atoms with Crippen molar-refractivity contribution in [3.63, 3.8) is 0 Å². The highest BCUT2D eigenvalue weighted by Crippen LogP contribution is 2.62. The fraction of sp³-hybridized carbons (Fsp3) is 0.333. The molecule has 0 N–H and O–H groups in total. The van der Waals surface area contributed by atoms with Gasteiger partial charge in [-0.3, -0.25) is 29.4 Å². The number of nitro groups is 1. The van der Waals surface area contributed by atoms with Crippen LogP contribution in [-0.2, 0) is 19.2 Å². The zero-order valence-electron chi connectivity index (χ0n) is 18.0. The van der Waals surface area contributed by atoms with Crippen LogP contribution in [0.5, 0.6) is 5.75 Å². The summed E-state index contributed by atoms with van der Waals surface area (Å²) < 4.78 is 5.03. The molecule has 10 nitrogen and oxygen atoms in total. The topological polar surface area (TPSA) is 128 Å². The molecule has 2 saturated carbocycles. The molecule has 3 fully saturated rings. The second-order valence-electron chi connectivity index (χ2n) is 9.09. The van der Waals surface area contributed by atoms with Crippen molar-refractivity contribution >= 4 is 34.9 Å². The molecular weight excluding hydrogens is 442 g/mol. The first kappa shape index (κ1) is 20.5. The Bertz CT molecular complexity index is 1290. The van der Waals surface area contributed by atoms with Gasteiger partial charge < -0.3 is 9.57 Å². The first-order valence-electron chi connectivity index (χ1n) is 11.0. The van der Waals surface area contributed by atoms with Crippen LogP contribution in [-0.4, -0.2) is 34.5 Å². The van der Waals surface area contributed by atoms with Gasteiger partial charge in [-0.1, -0.05) is 17.3 Å². The lowest BCUT2D eigenvalue weighted by Gasteiger charge is -2.29. The minimum absolute atomic E-state index is 0.0415. The van der Waals surface area contributed by atoms with Gasteiger partial charge in [-0.25, -0.2) is 0 Å². The van der Waals surface area contributed by atoms with Crippen molar-refractivity contribution in [1.82, 2.24) is 0 Å². The van der Waals surface area contributed by atoms with Crippen LogP contribution >= 0.6 is 0 Å². The maximum atomic E-state index is 13.5. The van der Waals surface area contributed by atoms with Crippen molar-refractivity contribution in [2.45, 2.75) is 19.4 Å². The Morgan fingerprint density at radius 3 is 2.47 bits per heavy atom. The summed E-state index contributed by atoms with van der Waals surface area (Å²) in [5.41, 5.74) is 1.59. The molecule has 2 aliphatic heterocycles. The quantitative estimate of drug-likeness (QED) is 0.225. The maximum absolute atomic E-state index is 13.5. The molecule has 2 bridgehead atoms. The standard InChI is InChI=1S/C24H19N3O7/c1-11(28)33-15-7-5-13(6-8-15)26-23(29)18-16-10-17(19(18)24(26)30)22-20(16)21(25-34-22)12-3-2-4-14(9-12)27(31)32/h2-9,16-20,22H,10H2,1H3/t16-,17-,18+,19-,20-,22+/m1/s1. The molecule has 34 heavy (non-hydrogen) atoms. The van der Waals surface area contributed by atoms with Crippen LogP contribution in [0.1, 0.15) is 18.9 Å². The molecule has 2 heterocycles. The first-order valence-corrected chi connectivity index (χ1v) is 11.0. The van der Waals surface area contributed by atoms with Gasteiger partial charge in [-0.15, -0.1) is 0 Å². The molecule has 172 valence electrons. The highest BCUT2D eigenvalue weighted by Gasteiger charge is 2.70. The third-order valence-corrected chi connectivity index (χ3v) is 7.40. The molecule has 1 saturated heterocycles. The van der Waals surface area contributed by atoms with Gasteiger partial charge in [0.25, 0.3) is 5.69 Å². The van der Waals surface area contributed by atoms with E-state index >= 15 is 0 Å². The van der Waals surface area contributed by atoms with Crippen molar-refractivity contribution in [1.29, 1.82) is 0 Å². The molecule has 2 aromatic carbocycles. The SMILES string of the molecule is CC(=O)Oc1ccc(N2C(=O)[C@@H]3[C@H]4C[C@@H]([C@@H]5C(c6cccc([N+](=O)[O-])c6)=NO[C@@H]45)[C@@H]3C2=O)cc1. The number of carbonyl (C=O) groups excluding carboxylic acids is 3. The molecule has 0 spiro atoms. The van der Waals surface area contributed by atoms with Crippen LogP contribution in [0.4, 0.5) is 11.4 Å². The molecule has 0 radical (unpaired) electrons. The van der Waals surface area contributed by atoms with Crippen molar-refractivity contribution in [2.75, 3.05) is 4.90 Å². The number of nitrogens with zero attached hydrogens (tertiary/aromatic N) is 3. The van der Waals surface area contributed by atoms with Crippen LogP contribution in [0.25, 0.3) is 0 Å². The molecule has 2 amide bonds. The van der Waals surface area contributed by atoms with E-state index in [0.29, 0.717) is 29.1 Å². The Morgan fingerprint density at radius 2 is 1.79 bits per heavy atom. The molecule has 10 heteroatoms. The fourth-order valence-corrected chi connectivity index (χ4v) is 6.23. The molecule has 4 aliphatic rings. The van der Waals surface area contributed by atoms with Gasteiger partial charge >= 0.3 is 5.97 Å². The van der Waals surface area contributed by atoms with E-state index in [0.717, 1.165) is 0 Å². The first-order chi connectivity index (χ1) is 16.3. The Hall–Kier alpha value is -4.08. The number of non-ortho nitro benzene ring substituents is 1. The lowest BCUT2D eigenvalue weighted by molar-refractivity contribution is -0.384. The van der Waals surface area contributed by atoms with Gasteiger partial charge in [-0.2, -0.15) is 0 Å². The predicted molar refractivity (Wildman–Crippen MR) is 117 cm³/mol. The van der Waals surface area contributed by atoms with Crippen LogP contribution in [0, 0.1) is 39.7 Å². The van der Waals surface area contributed by atoms with E-state index in [-0.39, 0.29) is 41.4 Å². The van der Waals surface area contributed by atoms with Crippen LogP contribution in [0.15, 0.2) is 53.7 Å². The van der Waals surface area contributed by atoms with Crippen molar-refractivity contribution in [3.8, 4) is 5.75 Å². The summed E-state index contributed by atoms with van der Waals surface area (Å²) in [4.78, 5) is 55.7. The summed E-state index contributed by atoms with van der Waals surface area (Å²) in [6, 6.07) is 12.5. The zero-order valence-corrected chi connectivity index (χ0v) is 18.0. The summed E-state index contributed by atoms with van der Waals surface area (Å²) in [5, 5.41) is 15.5. The normalized spacial score (nSPS) is 30.6. The largest absolute Gasteiger partial charge is 0.427 e. The number of anilines is 1. The molecular formula is C24H19N3O7. The van der Waals surface area contributed by atoms with E-state index in [9.17, 15) is 24.5 Å². The van der Waals surface area contributed by atoms with E-state index < -0.39 is 22.7 Å². The Kier molecular flexibility index (Phi) is 4.35. The Morgan fingerprint density at radius 1 is 1.09 bits per heavy atom. The van der Waals surface area contributed by atoms with Crippen LogP contribution < -0.4 is 9.64 Å². The number of oxime groups is 1. The number of hydrogen-bond acceptors (Lipinski definition) is 8. The summed E-state index contributed by atoms with van der Waals surface area (Å²) in [6.07, 6.45) is 0.346. The van der Waals surface area contributed by atoms with Gasteiger partial charge in [0.2, 0.25) is 11.8 Å². The fourth-order valence-electron chi connectivity index (χ4n) is 6.23. The van der Waals surface area contributed by atoms with Crippen molar-refractivity contribution in [3.05, 3.63) is 64.2 Å². The lowest BCUT2D eigenvalue weighted by atomic mass is 9.71. The number of carbonyl (C=O) groups is 3. The zero-order chi connectivity index (χ0) is 23.7. The second-order valence-corrected chi connectivity index (χ2v) is 9.09. The smallest absolute Gasteiger partial charge is 0.308 e.